The molecule has 102 valence electrons. The lowest BCUT2D eigenvalue weighted by molar-refractivity contribution is 0.106. The predicted octanol–water partition coefficient (Wildman–Crippen LogP) is 2.91. The average Bonchev–Trinajstić information content (AvgIpc) is 2.54. The first kappa shape index (κ1) is 10.8. The molecule has 1 N–H and O–H groups in total. The number of Topliss-reactive ketones (excluding diaryl/α,β-unsaturated/α-hetero) is 1. The molecular formula is C13H10ClN3O2S. The Balaban J connectivity index is 2.58. The molecule has 0 unspecified atom stereocenters. The van der Waals surface area contributed by atoms with E-state index in [1.54, 1.807) is 18.4 Å². The molecule has 2 rings (SSSR count). The minimum absolute atomic E-state index is 0.174. The number of ketones is 1. The highest BCUT2D eigenvalue weighted by Crippen LogP contribution is 2.14. The van der Waals surface area contributed by atoms with Crippen LogP contribution >= 0.6 is 23.4 Å². The lowest BCUT2D eigenvalue weighted by Gasteiger charge is -2.04. The summed E-state index contributed by atoms with van der Waals surface area (Å²) in [5.41, 5.74) is -0.339. The molecule has 0 atom stereocenters. The largest absolute Gasteiger partial charge is 0.410 e. The highest BCUT2D eigenvalue weighted by atomic mass is 35.5. The Morgan fingerprint density at radius 3 is 3.15 bits per heavy atom. The number of thioether (sulfide) groups is 1. The SMILES string of the molecule is [2H]ON=C(C(=O)c1cccc(Cl)c1)c1nc(SC)nc([2H])c1[2H]. The van der Waals surface area contributed by atoms with Gasteiger partial charge in [0.25, 0.3) is 0 Å². The number of aromatic nitrogens is 2. The Hall–Kier alpha value is -1.92. The summed E-state index contributed by atoms with van der Waals surface area (Å²) in [5.74, 6) is -0.626. The van der Waals surface area contributed by atoms with Crippen molar-refractivity contribution in [1.29, 1.82) is 0 Å². The van der Waals surface area contributed by atoms with E-state index in [0.717, 1.165) is 11.8 Å². The Morgan fingerprint density at radius 1 is 1.60 bits per heavy atom. The van der Waals surface area contributed by atoms with E-state index in [1.807, 2.05) is 0 Å². The molecule has 20 heavy (non-hydrogen) atoms. The molecule has 0 aliphatic carbocycles. The number of hydrogen-bond acceptors (Lipinski definition) is 6. The maximum absolute atomic E-state index is 12.6. The molecule has 2 aromatic rings. The highest BCUT2D eigenvalue weighted by Gasteiger charge is 2.19. The highest BCUT2D eigenvalue weighted by molar-refractivity contribution is 7.98. The van der Waals surface area contributed by atoms with Crippen LogP contribution in [0.1, 0.15) is 18.8 Å². The number of nitrogens with zero attached hydrogens (tertiary/aromatic N) is 3. The molecule has 0 bridgehead atoms. The molecule has 0 aliphatic heterocycles. The lowest BCUT2D eigenvalue weighted by atomic mass is 10.0. The van der Waals surface area contributed by atoms with Crippen molar-refractivity contribution in [3.05, 3.63) is 52.8 Å². The molecule has 0 amide bonds. The van der Waals surface area contributed by atoms with E-state index in [4.69, 9.17) is 15.8 Å². The van der Waals surface area contributed by atoms with E-state index in [0.29, 0.717) is 5.02 Å². The van der Waals surface area contributed by atoms with Gasteiger partial charge in [0, 0.05) is 16.8 Å². The number of benzene rings is 1. The van der Waals surface area contributed by atoms with Crippen LogP contribution in [0.25, 0.3) is 0 Å². The lowest BCUT2D eigenvalue weighted by Crippen LogP contribution is -2.18. The Kier molecular flexibility index (Phi) is 3.51. The summed E-state index contributed by atoms with van der Waals surface area (Å²) in [5, 5.41) is 7.89. The third kappa shape index (κ3) is 3.15. The zero-order chi connectivity index (χ0) is 17.0. The second-order valence-electron chi connectivity index (χ2n) is 3.58. The minimum Gasteiger partial charge on any atom is -0.410 e. The molecule has 5 nitrogen and oxygen atoms in total. The van der Waals surface area contributed by atoms with E-state index in [-0.39, 0.29) is 34.3 Å². The Morgan fingerprint density at radius 2 is 2.45 bits per heavy atom. The topological polar surface area (TPSA) is 75.4 Å². The van der Waals surface area contributed by atoms with E-state index >= 15 is 0 Å². The van der Waals surface area contributed by atoms with Gasteiger partial charge in [-0.3, -0.25) is 4.79 Å². The van der Waals surface area contributed by atoms with Crippen molar-refractivity contribution in [3.8, 4) is 0 Å². The van der Waals surface area contributed by atoms with E-state index in [2.05, 4.69) is 20.3 Å². The minimum atomic E-state index is -0.626. The Labute approximate surface area is 129 Å². The fraction of sp³-hybridized carbons (Fsp3) is 0.0769. The maximum atomic E-state index is 12.6. The summed E-state index contributed by atoms with van der Waals surface area (Å²) in [6.07, 6.45) is 1.34. The molecule has 1 aromatic heterocycles. The number of halogens is 1. The van der Waals surface area contributed by atoms with Crippen molar-refractivity contribution in [2.45, 2.75) is 5.16 Å². The quantitative estimate of drug-likeness (QED) is 0.229. The first-order chi connectivity index (χ1) is 11.0. The molecule has 0 spiro atoms. The van der Waals surface area contributed by atoms with E-state index in [1.165, 1.54) is 12.1 Å². The van der Waals surface area contributed by atoms with Gasteiger partial charge in [-0.25, -0.2) is 9.97 Å². The van der Waals surface area contributed by atoms with Gasteiger partial charge in [-0.05, 0) is 24.4 Å². The van der Waals surface area contributed by atoms with Crippen LogP contribution in [0.5, 0.6) is 0 Å². The second kappa shape index (κ2) is 6.49. The molecule has 0 radical (unpaired) electrons. The van der Waals surface area contributed by atoms with Gasteiger partial charge in [-0.2, -0.15) is 0 Å². The zero-order valence-corrected chi connectivity index (χ0v) is 11.8. The molecule has 1 heterocycles. The standard InChI is InChI=1S/C13H10ClN3O2S/c1-20-13-15-6-5-10(16-13)11(17-19)12(18)8-3-2-4-9(14)7-8/h2-7,19H,1H3/i5D,6D/hD. The van der Waals surface area contributed by atoms with Gasteiger partial charge in [0.15, 0.2) is 10.9 Å². The molecule has 7 heteroatoms. The number of rotatable bonds is 5. The van der Waals surface area contributed by atoms with Crippen LogP contribution in [0.15, 0.2) is 46.8 Å². The third-order valence-corrected chi connectivity index (χ3v) is 3.12. The van der Waals surface area contributed by atoms with E-state index < -0.39 is 5.78 Å². The zero-order valence-electron chi connectivity index (χ0n) is 13.3. The van der Waals surface area contributed by atoms with E-state index in [9.17, 15) is 4.79 Å². The van der Waals surface area contributed by atoms with Gasteiger partial charge in [0.2, 0.25) is 5.78 Å². The molecule has 1 aromatic carbocycles. The predicted molar refractivity (Wildman–Crippen MR) is 77.9 cm³/mol. The maximum Gasteiger partial charge on any atom is 0.330 e. The van der Waals surface area contributed by atoms with Crippen molar-refractivity contribution in [1.82, 2.24) is 9.97 Å². The fourth-order valence-corrected chi connectivity index (χ4v) is 1.95. The van der Waals surface area contributed by atoms with Gasteiger partial charge in [-0.1, -0.05) is 40.7 Å². The van der Waals surface area contributed by atoms with Crippen molar-refractivity contribution < 1.29 is 14.2 Å². The number of oxime groups is 1. The van der Waals surface area contributed by atoms with Gasteiger partial charge in [-0.15, -0.1) is 0 Å². The van der Waals surface area contributed by atoms with Crippen molar-refractivity contribution in [2.75, 3.05) is 6.26 Å². The van der Waals surface area contributed by atoms with Crippen molar-refractivity contribution in [2.24, 2.45) is 5.16 Å². The van der Waals surface area contributed by atoms with Gasteiger partial charge in [0.05, 0.1) is 2.74 Å². The van der Waals surface area contributed by atoms with Crippen LogP contribution in [0.4, 0.5) is 0 Å². The summed E-state index contributed by atoms with van der Waals surface area (Å²) >= 11 is 7.02. The van der Waals surface area contributed by atoms with Crippen LogP contribution in [0.2, 0.25) is 6.45 Å². The van der Waals surface area contributed by atoms with Gasteiger partial charge >= 0.3 is 1.43 Å². The molecule has 0 saturated carbocycles. The van der Waals surface area contributed by atoms with Crippen molar-refractivity contribution >= 4 is 34.9 Å². The third-order valence-electron chi connectivity index (χ3n) is 2.33. The summed E-state index contributed by atoms with van der Waals surface area (Å²) in [4.78, 5) is 20.4. The van der Waals surface area contributed by atoms with Gasteiger partial charge in [0.1, 0.15) is 5.69 Å². The number of hydrogen-bond donors (Lipinski definition) is 1. The Bertz CT molecular complexity index is 789. The monoisotopic (exact) mass is 310 g/mol. The van der Waals surface area contributed by atoms with Crippen LogP contribution in [0.3, 0.4) is 0 Å². The normalized spacial score (nSPS) is 13.3. The molecule has 0 saturated heterocycles. The van der Waals surface area contributed by atoms with Crippen LogP contribution in [0, 0.1) is 0 Å². The molecule has 0 fully saturated rings. The molecular weight excluding hydrogens is 298 g/mol. The number of carbonyl (C=O) groups is 1. The summed E-state index contributed by atoms with van der Waals surface area (Å²) in [6.45, 7) is 0. The average molecular weight is 311 g/mol. The summed E-state index contributed by atoms with van der Waals surface area (Å²) in [7, 11) is 0. The molecule has 0 aliphatic rings. The number of carbonyl (C=O) groups excluding carboxylic acids is 1. The second-order valence-corrected chi connectivity index (χ2v) is 4.78. The van der Waals surface area contributed by atoms with Gasteiger partial charge < -0.3 is 5.21 Å². The van der Waals surface area contributed by atoms with Crippen LogP contribution in [-0.2, 0) is 0 Å². The summed E-state index contributed by atoms with van der Waals surface area (Å²) < 4.78 is 22.3. The first-order valence-corrected chi connectivity index (χ1v) is 6.98. The van der Waals surface area contributed by atoms with Crippen LogP contribution in [-0.4, -0.2) is 32.9 Å². The van der Waals surface area contributed by atoms with Crippen LogP contribution < -0.4 is 0 Å². The fourth-order valence-electron chi connectivity index (χ4n) is 1.44. The summed E-state index contributed by atoms with van der Waals surface area (Å²) in [6, 6.07) is 5.74. The van der Waals surface area contributed by atoms with Crippen molar-refractivity contribution in [3.63, 3.8) is 0 Å². The first-order valence-electron chi connectivity index (χ1n) is 6.79. The smallest absolute Gasteiger partial charge is 0.330 e.